The van der Waals surface area contributed by atoms with Gasteiger partial charge in [-0.2, -0.15) is 0 Å². The zero-order chi connectivity index (χ0) is 12.8. The van der Waals surface area contributed by atoms with Crippen LogP contribution in [0.3, 0.4) is 0 Å². The van der Waals surface area contributed by atoms with Crippen molar-refractivity contribution in [2.45, 2.75) is 46.1 Å². The first-order valence-corrected chi connectivity index (χ1v) is 6.26. The first kappa shape index (κ1) is 13.6. The smallest absolute Gasteiger partial charge is 0.253 e. The Morgan fingerprint density at radius 3 is 2.71 bits per heavy atom. The second-order valence-corrected chi connectivity index (χ2v) is 4.40. The predicted octanol–water partition coefficient (Wildman–Crippen LogP) is 2.89. The van der Waals surface area contributed by atoms with Gasteiger partial charge in [-0.05, 0) is 31.4 Å². The SMILES string of the molecule is CCCC(CC)NC(=O)c1cccc(C)c1N. The van der Waals surface area contributed by atoms with Crippen molar-refractivity contribution in [1.82, 2.24) is 5.32 Å². The van der Waals surface area contributed by atoms with E-state index in [2.05, 4.69) is 19.2 Å². The number of rotatable bonds is 5. The molecule has 3 heteroatoms. The fraction of sp³-hybridized carbons (Fsp3) is 0.500. The Morgan fingerprint density at radius 2 is 2.12 bits per heavy atom. The van der Waals surface area contributed by atoms with Crippen LogP contribution in [0.2, 0.25) is 0 Å². The number of nitrogens with two attached hydrogens (primary N) is 1. The Kier molecular flexibility index (Phi) is 5.01. The Balaban J connectivity index is 2.79. The number of hydrogen-bond donors (Lipinski definition) is 2. The molecule has 3 N–H and O–H groups in total. The fourth-order valence-electron chi connectivity index (χ4n) is 1.87. The highest BCUT2D eigenvalue weighted by Crippen LogP contribution is 2.16. The molecule has 1 aromatic rings. The summed E-state index contributed by atoms with van der Waals surface area (Å²) >= 11 is 0. The van der Waals surface area contributed by atoms with Crippen LogP contribution in [-0.4, -0.2) is 11.9 Å². The van der Waals surface area contributed by atoms with E-state index >= 15 is 0 Å². The number of nitrogens with one attached hydrogen (secondary N) is 1. The highest BCUT2D eigenvalue weighted by atomic mass is 16.1. The lowest BCUT2D eigenvalue weighted by Crippen LogP contribution is -2.34. The first-order valence-electron chi connectivity index (χ1n) is 6.26. The zero-order valence-corrected chi connectivity index (χ0v) is 10.9. The van der Waals surface area contributed by atoms with Gasteiger partial charge in [0.2, 0.25) is 0 Å². The molecule has 1 aromatic carbocycles. The zero-order valence-electron chi connectivity index (χ0n) is 10.9. The van der Waals surface area contributed by atoms with Gasteiger partial charge in [0.05, 0.1) is 5.56 Å². The quantitative estimate of drug-likeness (QED) is 0.770. The van der Waals surface area contributed by atoms with Gasteiger partial charge >= 0.3 is 0 Å². The number of nitrogen functional groups attached to an aromatic ring is 1. The monoisotopic (exact) mass is 234 g/mol. The summed E-state index contributed by atoms with van der Waals surface area (Å²) in [6.07, 6.45) is 3.03. The molecule has 3 nitrogen and oxygen atoms in total. The summed E-state index contributed by atoms with van der Waals surface area (Å²) in [6.45, 7) is 6.12. The molecule has 1 atom stereocenters. The molecule has 0 bridgehead atoms. The van der Waals surface area contributed by atoms with E-state index in [1.165, 1.54) is 0 Å². The average Bonchev–Trinajstić information content (AvgIpc) is 2.31. The molecule has 1 amide bonds. The summed E-state index contributed by atoms with van der Waals surface area (Å²) in [4.78, 5) is 12.1. The molecule has 0 heterocycles. The van der Waals surface area contributed by atoms with Crippen LogP contribution in [0, 0.1) is 6.92 Å². The third-order valence-corrected chi connectivity index (χ3v) is 3.03. The van der Waals surface area contributed by atoms with Gasteiger partial charge in [0.1, 0.15) is 0 Å². The number of para-hydroxylation sites is 1. The highest BCUT2D eigenvalue weighted by Gasteiger charge is 2.14. The third-order valence-electron chi connectivity index (χ3n) is 3.03. The van der Waals surface area contributed by atoms with E-state index < -0.39 is 0 Å². The van der Waals surface area contributed by atoms with Crippen molar-refractivity contribution < 1.29 is 4.79 Å². The molecule has 1 rings (SSSR count). The van der Waals surface area contributed by atoms with Crippen LogP contribution < -0.4 is 11.1 Å². The number of hydrogen-bond acceptors (Lipinski definition) is 2. The van der Waals surface area contributed by atoms with Crippen LogP contribution in [0.4, 0.5) is 5.69 Å². The largest absolute Gasteiger partial charge is 0.398 e. The fourth-order valence-corrected chi connectivity index (χ4v) is 1.87. The van der Waals surface area contributed by atoms with E-state index in [9.17, 15) is 4.79 Å². The first-order chi connectivity index (χ1) is 8.10. The maximum atomic E-state index is 12.1. The molecule has 17 heavy (non-hydrogen) atoms. The Bertz CT molecular complexity index is 388. The Morgan fingerprint density at radius 1 is 1.41 bits per heavy atom. The summed E-state index contributed by atoms with van der Waals surface area (Å²) in [6, 6.07) is 5.79. The number of carbonyl (C=O) groups is 1. The van der Waals surface area contributed by atoms with Crippen molar-refractivity contribution in [2.75, 3.05) is 5.73 Å². The van der Waals surface area contributed by atoms with Crippen LogP contribution in [0.15, 0.2) is 18.2 Å². The van der Waals surface area contributed by atoms with Gasteiger partial charge in [0.25, 0.3) is 5.91 Å². The van der Waals surface area contributed by atoms with Gasteiger partial charge in [-0.3, -0.25) is 4.79 Å². The van der Waals surface area contributed by atoms with Crippen molar-refractivity contribution in [2.24, 2.45) is 0 Å². The minimum atomic E-state index is -0.0634. The third kappa shape index (κ3) is 3.48. The maximum Gasteiger partial charge on any atom is 0.253 e. The highest BCUT2D eigenvalue weighted by molar-refractivity contribution is 5.99. The molecule has 0 fully saturated rings. The predicted molar refractivity (Wildman–Crippen MR) is 72.0 cm³/mol. The molecule has 0 aromatic heterocycles. The van der Waals surface area contributed by atoms with Crippen molar-refractivity contribution in [1.29, 1.82) is 0 Å². The molecular weight excluding hydrogens is 212 g/mol. The van der Waals surface area contributed by atoms with Gasteiger partial charge in [-0.1, -0.05) is 32.4 Å². The van der Waals surface area contributed by atoms with Crippen molar-refractivity contribution in [3.8, 4) is 0 Å². The number of anilines is 1. The Labute approximate surface area is 103 Å². The number of benzene rings is 1. The molecule has 0 saturated carbocycles. The van der Waals surface area contributed by atoms with Gasteiger partial charge in [0, 0.05) is 11.7 Å². The van der Waals surface area contributed by atoms with Gasteiger partial charge in [-0.25, -0.2) is 0 Å². The van der Waals surface area contributed by atoms with E-state index in [1.54, 1.807) is 6.07 Å². The molecule has 94 valence electrons. The molecule has 0 aliphatic rings. The summed E-state index contributed by atoms with van der Waals surface area (Å²) in [5, 5.41) is 3.03. The maximum absolute atomic E-state index is 12.1. The van der Waals surface area contributed by atoms with E-state index in [0.717, 1.165) is 24.8 Å². The van der Waals surface area contributed by atoms with Crippen LogP contribution in [0.25, 0.3) is 0 Å². The molecule has 0 aliphatic carbocycles. The summed E-state index contributed by atoms with van der Waals surface area (Å²) in [7, 11) is 0. The summed E-state index contributed by atoms with van der Waals surface area (Å²) < 4.78 is 0. The van der Waals surface area contributed by atoms with Crippen LogP contribution in [0.1, 0.15) is 49.0 Å². The van der Waals surface area contributed by atoms with Crippen molar-refractivity contribution in [3.63, 3.8) is 0 Å². The minimum Gasteiger partial charge on any atom is -0.398 e. The number of carbonyl (C=O) groups excluding carboxylic acids is 1. The van der Waals surface area contributed by atoms with Crippen molar-refractivity contribution >= 4 is 11.6 Å². The lowest BCUT2D eigenvalue weighted by atomic mass is 10.1. The molecule has 0 saturated heterocycles. The van der Waals surface area contributed by atoms with Crippen LogP contribution >= 0.6 is 0 Å². The second-order valence-electron chi connectivity index (χ2n) is 4.40. The molecule has 0 radical (unpaired) electrons. The van der Waals surface area contributed by atoms with E-state index in [1.807, 2.05) is 19.1 Å². The lowest BCUT2D eigenvalue weighted by molar-refractivity contribution is 0.0934. The van der Waals surface area contributed by atoms with E-state index in [-0.39, 0.29) is 11.9 Å². The van der Waals surface area contributed by atoms with Gasteiger partial charge < -0.3 is 11.1 Å². The van der Waals surface area contributed by atoms with Crippen LogP contribution in [0.5, 0.6) is 0 Å². The minimum absolute atomic E-state index is 0.0634. The topological polar surface area (TPSA) is 55.1 Å². The van der Waals surface area contributed by atoms with E-state index in [0.29, 0.717) is 11.3 Å². The molecule has 0 spiro atoms. The normalized spacial score (nSPS) is 12.2. The number of amides is 1. The number of aryl methyl sites for hydroxylation is 1. The van der Waals surface area contributed by atoms with Gasteiger partial charge in [0.15, 0.2) is 0 Å². The summed E-state index contributed by atoms with van der Waals surface area (Å²) in [5.41, 5.74) is 8.02. The molecular formula is C14H22N2O. The van der Waals surface area contributed by atoms with Gasteiger partial charge in [-0.15, -0.1) is 0 Å². The van der Waals surface area contributed by atoms with Crippen LogP contribution in [-0.2, 0) is 0 Å². The molecule has 1 unspecified atom stereocenters. The molecule has 0 aliphatic heterocycles. The lowest BCUT2D eigenvalue weighted by Gasteiger charge is -2.17. The Hall–Kier alpha value is -1.51. The summed E-state index contributed by atoms with van der Waals surface area (Å²) in [5.74, 6) is -0.0634. The van der Waals surface area contributed by atoms with Crippen molar-refractivity contribution in [3.05, 3.63) is 29.3 Å². The standard InChI is InChI=1S/C14H22N2O/c1-4-7-11(5-2)16-14(17)12-9-6-8-10(3)13(12)15/h6,8-9,11H,4-5,7,15H2,1-3H3,(H,16,17). The van der Waals surface area contributed by atoms with E-state index in [4.69, 9.17) is 5.73 Å². The average molecular weight is 234 g/mol. The second kappa shape index (κ2) is 6.28.